The van der Waals surface area contributed by atoms with Gasteiger partial charge in [-0.1, -0.05) is 86.0 Å². The van der Waals surface area contributed by atoms with E-state index in [2.05, 4.69) is 13.2 Å². The van der Waals surface area contributed by atoms with Crippen LogP contribution in [0.4, 0.5) is 0 Å². The molecule has 0 unspecified atom stereocenters. The van der Waals surface area contributed by atoms with Crippen LogP contribution >= 0.6 is 0 Å². The average molecular weight is 300 g/mol. The molecule has 0 heterocycles. The minimum Gasteiger partial charge on any atom is -0.398 e. The highest BCUT2D eigenvalue weighted by Crippen LogP contribution is 2.19. The molecule has 0 amide bonds. The highest BCUT2D eigenvalue weighted by molar-refractivity contribution is 6.10. The first-order valence-electron chi connectivity index (χ1n) is 7.33. The van der Waals surface area contributed by atoms with E-state index in [9.17, 15) is 0 Å². The third-order valence-electron chi connectivity index (χ3n) is 3.45. The van der Waals surface area contributed by atoms with Crippen LogP contribution in [-0.2, 0) is 0 Å². The van der Waals surface area contributed by atoms with Gasteiger partial charge < -0.3 is 11.1 Å². The Morgan fingerprint density at radius 3 is 2.04 bits per heavy atom. The van der Waals surface area contributed by atoms with Crippen LogP contribution in [0.15, 0.2) is 92.1 Å². The molecule has 0 aliphatic rings. The zero-order valence-electron chi connectivity index (χ0n) is 13.0. The standard InChI is InChI=1S/C21H20N2/c1-3-8-16(4-2)17-11-13-19(14-12-17)21(23)15-20(22)18-9-6-5-7-10-18/h3-15,22H,1-2,23H2/b16-8+,21-15-,22-20?. The van der Waals surface area contributed by atoms with Crippen molar-refractivity contribution in [3.63, 3.8) is 0 Å². The van der Waals surface area contributed by atoms with Gasteiger partial charge in [-0.05, 0) is 28.3 Å². The molecule has 0 spiro atoms. The molecule has 0 saturated heterocycles. The van der Waals surface area contributed by atoms with E-state index in [1.165, 1.54) is 0 Å². The Morgan fingerprint density at radius 1 is 0.870 bits per heavy atom. The summed E-state index contributed by atoms with van der Waals surface area (Å²) in [5, 5.41) is 8.11. The Hall–Kier alpha value is -3.13. The van der Waals surface area contributed by atoms with Gasteiger partial charge in [-0.25, -0.2) is 0 Å². The molecule has 2 heteroatoms. The van der Waals surface area contributed by atoms with Crippen LogP contribution in [0.1, 0.15) is 16.7 Å². The van der Waals surface area contributed by atoms with E-state index in [1.807, 2.05) is 60.7 Å². The SMILES string of the molecule is C=C/C=C(\C=C)c1ccc(/C(N)=C/C(=N)c2ccccc2)cc1. The number of hydrogen-bond acceptors (Lipinski definition) is 2. The zero-order valence-corrected chi connectivity index (χ0v) is 13.0. The van der Waals surface area contributed by atoms with Crippen LogP contribution in [0.25, 0.3) is 11.3 Å². The molecule has 2 rings (SSSR count). The van der Waals surface area contributed by atoms with Gasteiger partial charge in [0.05, 0.1) is 5.71 Å². The Morgan fingerprint density at radius 2 is 1.48 bits per heavy atom. The van der Waals surface area contributed by atoms with E-state index in [-0.39, 0.29) is 0 Å². The largest absolute Gasteiger partial charge is 0.398 e. The van der Waals surface area contributed by atoms with Crippen molar-refractivity contribution in [1.29, 1.82) is 5.41 Å². The molecule has 0 radical (unpaired) electrons. The lowest BCUT2D eigenvalue weighted by atomic mass is 10.0. The molecule has 2 aromatic rings. The molecule has 0 bridgehead atoms. The summed E-state index contributed by atoms with van der Waals surface area (Å²) in [4.78, 5) is 0. The summed E-state index contributed by atoms with van der Waals surface area (Å²) in [5.74, 6) is 0. The van der Waals surface area contributed by atoms with E-state index in [0.717, 1.165) is 22.3 Å². The maximum Gasteiger partial charge on any atom is 0.0632 e. The Bertz CT molecular complexity index is 763. The van der Waals surface area contributed by atoms with Gasteiger partial charge in [0, 0.05) is 5.70 Å². The predicted molar refractivity (Wildman–Crippen MR) is 100 cm³/mol. The summed E-state index contributed by atoms with van der Waals surface area (Å²) in [6.07, 6.45) is 7.12. The third-order valence-corrected chi connectivity index (χ3v) is 3.45. The van der Waals surface area contributed by atoms with Gasteiger partial charge in [-0.3, -0.25) is 0 Å². The monoisotopic (exact) mass is 300 g/mol. The molecule has 23 heavy (non-hydrogen) atoms. The second kappa shape index (κ2) is 7.76. The van der Waals surface area contributed by atoms with E-state index in [4.69, 9.17) is 11.1 Å². The molecule has 2 nitrogen and oxygen atoms in total. The van der Waals surface area contributed by atoms with Gasteiger partial charge in [-0.2, -0.15) is 0 Å². The van der Waals surface area contributed by atoms with Crippen molar-refractivity contribution in [3.8, 4) is 0 Å². The number of allylic oxidation sites excluding steroid dienone is 5. The molecule has 0 saturated carbocycles. The van der Waals surface area contributed by atoms with E-state index in [0.29, 0.717) is 11.4 Å². The number of nitrogens with one attached hydrogen (secondary N) is 1. The molecule has 0 fully saturated rings. The highest BCUT2D eigenvalue weighted by atomic mass is 14.6. The summed E-state index contributed by atoms with van der Waals surface area (Å²) < 4.78 is 0. The summed E-state index contributed by atoms with van der Waals surface area (Å²) in [6.45, 7) is 7.51. The van der Waals surface area contributed by atoms with E-state index in [1.54, 1.807) is 18.2 Å². The van der Waals surface area contributed by atoms with E-state index >= 15 is 0 Å². The topological polar surface area (TPSA) is 49.9 Å². The second-order valence-electron chi connectivity index (χ2n) is 5.02. The molecule has 3 N–H and O–H groups in total. The minimum absolute atomic E-state index is 0.394. The van der Waals surface area contributed by atoms with Crippen molar-refractivity contribution in [3.05, 3.63) is 109 Å². The minimum atomic E-state index is 0.394. The molecular weight excluding hydrogens is 280 g/mol. The first-order valence-corrected chi connectivity index (χ1v) is 7.33. The lowest BCUT2D eigenvalue weighted by Gasteiger charge is -2.06. The third kappa shape index (κ3) is 4.17. The summed E-state index contributed by atoms with van der Waals surface area (Å²) in [5.41, 5.74) is 10.9. The first-order chi connectivity index (χ1) is 11.2. The van der Waals surface area contributed by atoms with Gasteiger partial charge >= 0.3 is 0 Å². The fourth-order valence-corrected chi connectivity index (χ4v) is 2.20. The van der Waals surface area contributed by atoms with Crippen LogP contribution in [0.2, 0.25) is 0 Å². The van der Waals surface area contributed by atoms with Crippen molar-refractivity contribution >= 4 is 17.0 Å². The lowest BCUT2D eigenvalue weighted by molar-refractivity contribution is 1.46. The van der Waals surface area contributed by atoms with Crippen LogP contribution in [0.3, 0.4) is 0 Å². The number of rotatable bonds is 6. The number of benzene rings is 2. The predicted octanol–water partition coefficient (Wildman–Crippen LogP) is 4.81. The molecular formula is C21H20N2. The first kappa shape index (κ1) is 16.2. The molecule has 2 aromatic carbocycles. The summed E-state index contributed by atoms with van der Waals surface area (Å²) in [7, 11) is 0. The average Bonchev–Trinajstić information content (AvgIpc) is 2.60. The number of hydrogen-bond donors (Lipinski definition) is 2. The quantitative estimate of drug-likeness (QED) is 0.583. The van der Waals surface area contributed by atoms with Gasteiger partial charge in [0.1, 0.15) is 0 Å². The molecule has 0 atom stereocenters. The highest BCUT2D eigenvalue weighted by Gasteiger charge is 2.02. The maximum absolute atomic E-state index is 8.11. The zero-order chi connectivity index (χ0) is 16.7. The van der Waals surface area contributed by atoms with Crippen molar-refractivity contribution in [2.24, 2.45) is 5.73 Å². The van der Waals surface area contributed by atoms with Gasteiger partial charge in [0.25, 0.3) is 0 Å². The Balaban J connectivity index is 2.23. The second-order valence-corrected chi connectivity index (χ2v) is 5.02. The lowest BCUT2D eigenvalue weighted by Crippen LogP contribution is -2.02. The van der Waals surface area contributed by atoms with Crippen molar-refractivity contribution in [2.45, 2.75) is 0 Å². The molecule has 0 aliphatic heterocycles. The summed E-state index contributed by atoms with van der Waals surface area (Å²) in [6, 6.07) is 17.4. The van der Waals surface area contributed by atoms with Crippen LogP contribution in [0, 0.1) is 5.41 Å². The Labute approximate surface area is 137 Å². The van der Waals surface area contributed by atoms with Crippen molar-refractivity contribution in [2.75, 3.05) is 0 Å². The van der Waals surface area contributed by atoms with Crippen LogP contribution in [0.5, 0.6) is 0 Å². The fourth-order valence-electron chi connectivity index (χ4n) is 2.20. The molecule has 114 valence electrons. The number of nitrogens with two attached hydrogens (primary N) is 1. The normalized spacial score (nSPS) is 11.8. The van der Waals surface area contributed by atoms with Gasteiger partial charge in [0.15, 0.2) is 0 Å². The van der Waals surface area contributed by atoms with Gasteiger partial charge in [0.2, 0.25) is 0 Å². The maximum atomic E-state index is 8.11. The Kier molecular flexibility index (Phi) is 5.48. The van der Waals surface area contributed by atoms with Crippen LogP contribution in [-0.4, -0.2) is 5.71 Å². The fraction of sp³-hybridized carbons (Fsp3) is 0. The van der Waals surface area contributed by atoms with Crippen molar-refractivity contribution < 1.29 is 0 Å². The van der Waals surface area contributed by atoms with Gasteiger partial charge in [-0.15, -0.1) is 0 Å². The summed E-state index contributed by atoms with van der Waals surface area (Å²) >= 11 is 0. The smallest absolute Gasteiger partial charge is 0.0632 e. The molecule has 0 aliphatic carbocycles. The molecule has 0 aromatic heterocycles. The van der Waals surface area contributed by atoms with Crippen molar-refractivity contribution in [1.82, 2.24) is 0 Å². The van der Waals surface area contributed by atoms with E-state index < -0.39 is 0 Å². The van der Waals surface area contributed by atoms with Crippen LogP contribution < -0.4 is 5.73 Å².